The normalized spacial score (nSPS) is 14.0. The van der Waals surface area contributed by atoms with Gasteiger partial charge < -0.3 is 0 Å². The van der Waals surface area contributed by atoms with Gasteiger partial charge in [-0.15, -0.1) is 0 Å². The van der Waals surface area contributed by atoms with Gasteiger partial charge in [0.1, 0.15) is 0 Å². The summed E-state index contributed by atoms with van der Waals surface area (Å²) in [5, 5.41) is 0. The predicted octanol–water partition coefficient (Wildman–Crippen LogP) is 6.17. The summed E-state index contributed by atoms with van der Waals surface area (Å²) in [5.74, 6) is 0. The maximum Gasteiger partial charge on any atom is -0.0149 e. The Morgan fingerprint density at radius 3 is 2.39 bits per heavy atom. The number of unbranched alkanes of at least 4 members (excludes halogenated alkanes) is 3. The van der Waals surface area contributed by atoms with E-state index in [-0.39, 0.29) is 0 Å². The number of allylic oxidation sites excluding steroid dienone is 8. The van der Waals surface area contributed by atoms with Crippen molar-refractivity contribution in [2.75, 3.05) is 0 Å². The zero-order chi connectivity index (χ0) is 13.6. The lowest BCUT2D eigenvalue weighted by Gasteiger charge is -2.02. The van der Waals surface area contributed by atoms with E-state index < -0.39 is 0 Å². The van der Waals surface area contributed by atoms with Crippen LogP contribution in [0.3, 0.4) is 0 Å². The van der Waals surface area contributed by atoms with E-state index >= 15 is 0 Å². The minimum absolute atomic E-state index is 1.07. The molecule has 0 aromatic carbocycles. The van der Waals surface area contributed by atoms with Crippen LogP contribution in [-0.2, 0) is 0 Å². The Kier molecular flexibility index (Phi) is 11.7. The van der Waals surface area contributed by atoms with Crippen molar-refractivity contribution in [2.24, 2.45) is 0 Å². The molecule has 0 aromatic rings. The van der Waals surface area contributed by atoms with Gasteiger partial charge in [0, 0.05) is 0 Å². The first kappa shape index (κ1) is 17.0. The first-order valence-electron chi connectivity index (χ1n) is 7.38. The standard InChI is InChI=1S/C18H29/c1-5-8-11-13-16-18(15-10-7-3)17(4)14-12-9-6-2/h9,12-13,15-16H,5-8,10-11H2,1-4H3. The Morgan fingerprint density at radius 1 is 1.00 bits per heavy atom. The topological polar surface area (TPSA) is 0 Å². The van der Waals surface area contributed by atoms with Crippen molar-refractivity contribution in [2.45, 2.75) is 66.2 Å². The highest BCUT2D eigenvalue weighted by atomic mass is 14.0. The second-order valence-corrected chi connectivity index (χ2v) is 4.57. The van der Waals surface area contributed by atoms with Crippen LogP contribution in [0, 0.1) is 6.08 Å². The lowest BCUT2D eigenvalue weighted by molar-refractivity contribution is 0.814. The van der Waals surface area contributed by atoms with Gasteiger partial charge in [0.25, 0.3) is 0 Å². The molecule has 18 heavy (non-hydrogen) atoms. The van der Waals surface area contributed by atoms with Crippen LogP contribution in [0.1, 0.15) is 66.2 Å². The number of rotatable bonds is 9. The summed E-state index contributed by atoms with van der Waals surface area (Å²) in [6.07, 6.45) is 21.5. The molecule has 0 atom stereocenters. The molecule has 0 bridgehead atoms. The molecule has 0 heteroatoms. The van der Waals surface area contributed by atoms with Crippen LogP contribution < -0.4 is 0 Å². The zero-order valence-electron chi connectivity index (χ0n) is 12.6. The molecule has 0 unspecified atom stereocenters. The van der Waals surface area contributed by atoms with E-state index in [1.807, 2.05) is 6.08 Å². The van der Waals surface area contributed by atoms with Crippen LogP contribution in [0.2, 0.25) is 0 Å². The average molecular weight is 245 g/mol. The molecule has 0 amide bonds. The fraction of sp³-hybridized carbons (Fsp3) is 0.556. The third-order valence-electron chi connectivity index (χ3n) is 2.76. The Bertz CT molecular complexity index is 300. The summed E-state index contributed by atoms with van der Waals surface area (Å²) >= 11 is 0. The Morgan fingerprint density at radius 2 is 1.78 bits per heavy atom. The Hall–Kier alpha value is -1.04. The van der Waals surface area contributed by atoms with Gasteiger partial charge in [0.2, 0.25) is 0 Å². The third-order valence-corrected chi connectivity index (χ3v) is 2.76. The second-order valence-electron chi connectivity index (χ2n) is 4.57. The van der Waals surface area contributed by atoms with Crippen molar-refractivity contribution in [3.63, 3.8) is 0 Å². The Balaban J connectivity index is 4.61. The SMILES string of the molecule is CCC=C/[C]=C(\C)C(C=CCCCC)=CCCC. The van der Waals surface area contributed by atoms with E-state index in [0.29, 0.717) is 0 Å². The van der Waals surface area contributed by atoms with Gasteiger partial charge in [-0.05, 0) is 43.4 Å². The van der Waals surface area contributed by atoms with Crippen LogP contribution >= 0.6 is 0 Å². The minimum atomic E-state index is 1.07. The molecule has 0 fully saturated rings. The summed E-state index contributed by atoms with van der Waals surface area (Å²) in [7, 11) is 0. The van der Waals surface area contributed by atoms with E-state index in [4.69, 9.17) is 0 Å². The molecule has 0 heterocycles. The average Bonchev–Trinajstić information content (AvgIpc) is 2.38. The molecule has 0 rings (SSSR count). The molecule has 1 radical (unpaired) electrons. The van der Waals surface area contributed by atoms with Gasteiger partial charge in [-0.1, -0.05) is 70.4 Å². The van der Waals surface area contributed by atoms with Gasteiger partial charge >= 0.3 is 0 Å². The third kappa shape index (κ3) is 9.04. The van der Waals surface area contributed by atoms with Crippen molar-refractivity contribution >= 4 is 0 Å². The van der Waals surface area contributed by atoms with Gasteiger partial charge in [0.05, 0.1) is 0 Å². The number of hydrogen-bond donors (Lipinski definition) is 0. The predicted molar refractivity (Wildman–Crippen MR) is 83.5 cm³/mol. The number of hydrogen-bond acceptors (Lipinski definition) is 0. The molecule has 0 aliphatic carbocycles. The summed E-state index contributed by atoms with van der Waals surface area (Å²) in [4.78, 5) is 0. The van der Waals surface area contributed by atoms with Crippen molar-refractivity contribution in [3.05, 3.63) is 47.6 Å². The molecule has 0 saturated heterocycles. The Labute approximate surface area is 114 Å². The maximum atomic E-state index is 3.35. The van der Waals surface area contributed by atoms with E-state index in [1.165, 1.54) is 36.8 Å². The highest BCUT2D eigenvalue weighted by molar-refractivity contribution is 5.38. The minimum Gasteiger partial charge on any atom is -0.0842 e. The quantitative estimate of drug-likeness (QED) is 0.336. The molecule has 0 spiro atoms. The van der Waals surface area contributed by atoms with Crippen molar-refractivity contribution in [1.82, 2.24) is 0 Å². The second kappa shape index (κ2) is 12.4. The molecule has 0 aromatic heterocycles. The molecule has 0 saturated carbocycles. The van der Waals surface area contributed by atoms with Crippen LogP contribution in [0.4, 0.5) is 0 Å². The smallest absolute Gasteiger partial charge is 0.0149 e. The van der Waals surface area contributed by atoms with E-state index in [9.17, 15) is 0 Å². The first-order chi connectivity index (χ1) is 8.76. The van der Waals surface area contributed by atoms with E-state index in [1.54, 1.807) is 0 Å². The van der Waals surface area contributed by atoms with Crippen molar-refractivity contribution in [3.8, 4) is 0 Å². The van der Waals surface area contributed by atoms with Gasteiger partial charge in [-0.25, -0.2) is 0 Å². The molecule has 101 valence electrons. The lowest BCUT2D eigenvalue weighted by Crippen LogP contribution is -1.83. The zero-order valence-corrected chi connectivity index (χ0v) is 12.6. The van der Waals surface area contributed by atoms with E-state index in [0.717, 1.165) is 12.8 Å². The highest BCUT2D eigenvalue weighted by Crippen LogP contribution is 2.13. The van der Waals surface area contributed by atoms with Crippen molar-refractivity contribution < 1.29 is 0 Å². The van der Waals surface area contributed by atoms with Crippen LogP contribution in [0.25, 0.3) is 0 Å². The van der Waals surface area contributed by atoms with Gasteiger partial charge in [-0.3, -0.25) is 0 Å². The first-order valence-corrected chi connectivity index (χ1v) is 7.38. The van der Waals surface area contributed by atoms with Crippen molar-refractivity contribution in [1.29, 1.82) is 0 Å². The molecular formula is C18H29. The summed E-state index contributed by atoms with van der Waals surface area (Å²) in [5.41, 5.74) is 2.56. The molecular weight excluding hydrogens is 216 g/mol. The summed E-state index contributed by atoms with van der Waals surface area (Å²) in [6, 6.07) is 0. The summed E-state index contributed by atoms with van der Waals surface area (Å²) in [6.45, 7) is 8.74. The fourth-order valence-corrected chi connectivity index (χ4v) is 1.56. The molecule has 0 aliphatic heterocycles. The van der Waals surface area contributed by atoms with E-state index in [2.05, 4.69) is 58.1 Å². The maximum absolute atomic E-state index is 3.35. The molecule has 0 nitrogen and oxygen atoms in total. The largest absolute Gasteiger partial charge is 0.0842 e. The van der Waals surface area contributed by atoms with Crippen LogP contribution in [0.15, 0.2) is 41.5 Å². The van der Waals surface area contributed by atoms with Gasteiger partial charge in [0.15, 0.2) is 0 Å². The monoisotopic (exact) mass is 245 g/mol. The van der Waals surface area contributed by atoms with Crippen LogP contribution in [-0.4, -0.2) is 0 Å². The lowest BCUT2D eigenvalue weighted by atomic mass is 10.0. The highest BCUT2D eigenvalue weighted by Gasteiger charge is 1.94. The summed E-state index contributed by atoms with van der Waals surface area (Å²) < 4.78 is 0. The molecule has 0 aliphatic rings. The fourth-order valence-electron chi connectivity index (χ4n) is 1.56. The molecule has 0 N–H and O–H groups in total. The van der Waals surface area contributed by atoms with Gasteiger partial charge in [-0.2, -0.15) is 0 Å². The van der Waals surface area contributed by atoms with Crippen LogP contribution in [0.5, 0.6) is 0 Å².